The molecule has 0 aliphatic rings. The number of amides is 1. The van der Waals surface area contributed by atoms with Crippen molar-refractivity contribution in [2.45, 2.75) is 52.0 Å². The monoisotopic (exact) mass is 467 g/mol. The van der Waals surface area contributed by atoms with Crippen molar-refractivity contribution in [3.8, 4) is 0 Å². The van der Waals surface area contributed by atoms with Gasteiger partial charge in [0.1, 0.15) is 0 Å². The second-order valence-electron chi connectivity index (χ2n) is 8.85. The number of anilines is 2. The molecule has 0 aliphatic heterocycles. The van der Waals surface area contributed by atoms with E-state index in [4.69, 9.17) is 0 Å². The molecule has 0 radical (unpaired) electrons. The molecule has 2 heterocycles. The van der Waals surface area contributed by atoms with E-state index in [1.165, 1.54) is 19.3 Å². The molecule has 0 fully saturated rings. The number of unbranched alkanes of at least 4 members (excludes halogenated alkanes) is 3. The third kappa shape index (κ3) is 6.57. The van der Waals surface area contributed by atoms with Gasteiger partial charge in [-0.3, -0.25) is 14.9 Å². The summed E-state index contributed by atoms with van der Waals surface area (Å²) in [5, 5.41) is 15.1. The molecular weight excluding hydrogens is 434 g/mol. The quantitative estimate of drug-likeness (QED) is 0.208. The zero-order chi connectivity index (χ0) is 24.5. The van der Waals surface area contributed by atoms with Crippen molar-refractivity contribution in [1.82, 2.24) is 20.5 Å². The predicted molar refractivity (Wildman–Crippen MR) is 145 cm³/mol. The predicted octanol–water partition coefficient (Wildman–Crippen LogP) is 6.96. The second kappa shape index (κ2) is 12.0. The molecule has 0 spiro atoms. The molecule has 35 heavy (non-hydrogen) atoms. The molecule has 0 aliphatic carbocycles. The molecule has 3 N–H and O–H groups in total. The van der Waals surface area contributed by atoms with E-state index in [1.807, 2.05) is 72.8 Å². The van der Waals surface area contributed by atoms with Crippen LogP contribution in [-0.2, 0) is 0 Å². The molecule has 6 heteroatoms. The van der Waals surface area contributed by atoms with Crippen molar-refractivity contribution in [3.63, 3.8) is 0 Å². The molecule has 1 amide bonds. The van der Waals surface area contributed by atoms with E-state index in [-0.39, 0.29) is 11.9 Å². The third-order valence-corrected chi connectivity index (χ3v) is 6.01. The van der Waals surface area contributed by atoms with Crippen molar-refractivity contribution < 1.29 is 4.79 Å². The molecule has 2 aromatic carbocycles. The van der Waals surface area contributed by atoms with Crippen molar-refractivity contribution in [2.75, 3.05) is 5.32 Å². The highest BCUT2D eigenvalue weighted by atomic mass is 16.1. The van der Waals surface area contributed by atoms with Crippen LogP contribution in [0.4, 0.5) is 11.4 Å². The zero-order valence-corrected chi connectivity index (χ0v) is 20.4. The first-order chi connectivity index (χ1) is 17.1. The van der Waals surface area contributed by atoms with Gasteiger partial charge in [-0.15, -0.1) is 0 Å². The summed E-state index contributed by atoms with van der Waals surface area (Å²) in [6, 6.07) is 19.6. The van der Waals surface area contributed by atoms with Gasteiger partial charge in [-0.2, -0.15) is 5.10 Å². The number of benzene rings is 2. The molecule has 0 bridgehead atoms. The van der Waals surface area contributed by atoms with Crippen LogP contribution < -0.4 is 10.6 Å². The number of aromatic amines is 1. The molecule has 0 saturated heterocycles. The summed E-state index contributed by atoms with van der Waals surface area (Å²) in [4.78, 5) is 17.3. The molecule has 6 nitrogen and oxygen atoms in total. The van der Waals surface area contributed by atoms with Crippen LogP contribution >= 0.6 is 0 Å². The Morgan fingerprint density at radius 1 is 1.03 bits per heavy atom. The molecule has 2 aromatic heterocycles. The van der Waals surface area contributed by atoms with Gasteiger partial charge in [0.05, 0.1) is 28.2 Å². The van der Waals surface area contributed by atoms with Gasteiger partial charge >= 0.3 is 0 Å². The molecule has 1 atom stereocenters. The van der Waals surface area contributed by atoms with Gasteiger partial charge in [0, 0.05) is 23.3 Å². The number of fused-ring (bicyclic) bond motifs is 1. The lowest BCUT2D eigenvalue weighted by Crippen LogP contribution is -2.32. The number of aromatic nitrogens is 3. The number of carbonyl (C=O) groups excluding carboxylic acids is 1. The standard InChI is InChI=1S/C29H33N5O/c1-3-4-5-6-11-21(2)31-29(35)25-13-7-8-14-26(25)32-23-15-17-24-27(33-34-28(24)20-23)18-16-22-12-9-10-19-30-22/h7-10,12-21,32H,3-6,11H2,1-2H3,(H,31,35)(H,33,34)/b18-16+. The number of hydrogen-bond donors (Lipinski definition) is 3. The first kappa shape index (κ1) is 24.2. The SMILES string of the molecule is CCCCCCC(C)NC(=O)c1ccccc1Nc1ccc2c(/C=C/c3ccccn3)n[nH]c2c1. The molecule has 4 rings (SSSR count). The number of pyridine rings is 1. The lowest BCUT2D eigenvalue weighted by atomic mass is 10.1. The fourth-order valence-corrected chi connectivity index (χ4v) is 4.08. The molecule has 4 aromatic rings. The highest BCUT2D eigenvalue weighted by molar-refractivity contribution is 6.01. The molecule has 0 saturated carbocycles. The normalized spacial score (nSPS) is 12.2. The first-order valence-corrected chi connectivity index (χ1v) is 12.4. The zero-order valence-electron chi connectivity index (χ0n) is 20.4. The minimum atomic E-state index is -0.0549. The number of H-pyrrole nitrogens is 1. The van der Waals surface area contributed by atoms with Crippen LogP contribution in [0.2, 0.25) is 0 Å². The van der Waals surface area contributed by atoms with Crippen LogP contribution in [0.1, 0.15) is 67.7 Å². The summed E-state index contributed by atoms with van der Waals surface area (Å²) < 4.78 is 0. The van der Waals surface area contributed by atoms with Gasteiger partial charge < -0.3 is 10.6 Å². The van der Waals surface area contributed by atoms with Crippen LogP contribution in [-0.4, -0.2) is 27.1 Å². The van der Waals surface area contributed by atoms with Crippen LogP contribution in [0.25, 0.3) is 23.1 Å². The third-order valence-electron chi connectivity index (χ3n) is 6.01. The van der Waals surface area contributed by atoms with E-state index in [0.29, 0.717) is 5.56 Å². The van der Waals surface area contributed by atoms with Crippen molar-refractivity contribution in [3.05, 3.63) is 83.8 Å². The minimum Gasteiger partial charge on any atom is -0.355 e. The first-order valence-electron chi connectivity index (χ1n) is 12.4. The Morgan fingerprint density at radius 3 is 2.71 bits per heavy atom. The van der Waals surface area contributed by atoms with Gasteiger partial charge in [0.15, 0.2) is 0 Å². The van der Waals surface area contributed by atoms with E-state index in [2.05, 4.69) is 39.7 Å². The van der Waals surface area contributed by atoms with Gasteiger partial charge in [0.2, 0.25) is 0 Å². The number of nitrogens with one attached hydrogen (secondary N) is 3. The van der Waals surface area contributed by atoms with E-state index in [0.717, 1.165) is 46.5 Å². The Kier molecular flexibility index (Phi) is 8.28. The van der Waals surface area contributed by atoms with Crippen LogP contribution in [0, 0.1) is 0 Å². The molecular formula is C29H33N5O. The number of rotatable bonds is 11. The molecule has 1 unspecified atom stereocenters. The average Bonchev–Trinajstić information content (AvgIpc) is 3.28. The Morgan fingerprint density at radius 2 is 1.89 bits per heavy atom. The van der Waals surface area contributed by atoms with Gasteiger partial charge in [-0.25, -0.2) is 0 Å². The van der Waals surface area contributed by atoms with Gasteiger partial charge in [-0.05, 0) is 68.0 Å². The fourth-order valence-electron chi connectivity index (χ4n) is 4.08. The summed E-state index contributed by atoms with van der Waals surface area (Å²) >= 11 is 0. The Labute approximate surface area is 206 Å². The maximum absolute atomic E-state index is 13.0. The summed E-state index contributed by atoms with van der Waals surface area (Å²) in [6.07, 6.45) is 11.5. The van der Waals surface area contributed by atoms with Crippen molar-refractivity contribution >= 4 is 40.3 Å². The van der Waals surface area contributed by atoms with Crippen molar-refractivity contribution in [1.29, 1.82) is 0 Å². The van der Waals surface area contributed by atoms with Crippen LogP contribution in [0.5, 0.6) is 0 Å². The van der Waals surface area contributed by atoms with E-state index < -0.39 is 0 Å². The Hall–Kier alpha value is -3.93. The minimum absolute atomic E-state index is 0.0549. The Balaban J connectivity index is 1.45. The summed E-state index contributed by atoms with van der Waals surface area (Å²) in [5.74, 6) is -0.0549. The maximum Gasteiger partial charge on any atom is 0.253 e. The van der Waals surface area contributed by atoms with Crippen LogP contribution in [0.3, 0.4) is 0 Å². The summed E-state index contributed by atoms with van der Waals surface area (Å²) in [5.41, 5.74) is 4.94. The van der Waals surface area contributed by atoms with Crippen molar-refractivity contribution in [2.24, 2.45) is 0 Å². The smallest absolute Gasteiger partial charge is 0.253 e. The number of hydrogen-bond acceptors (Lipinski definition) is 4. The summed E-state index contributed by atoms with van der Waals surface area (Å²) in [6.45, 7) is 4.28. The van der Waals surface area contributed by atoms with E-state index >= 15 is 0 Å². The molecule has 180 valence electrons. The average molecular weight is 468 g/mol. The second-order valence-corrected chi connectivity index (χ2v) is 8.85. The highest BCUT2D eigenvalue weighted by Gasteiger charge is 2.14. The summed E-state index contributed by atoms with van der Waals surface area (Å²) in [7, 11) is 0. The number of para-hydroxylation sites is 1. The van der Waals surface area contributed by atoms with E-state index in [9.17, 15) is 4.79 Å². The van der Waals surface area contributed by atoms with Crippen LogP contribution in [0.15, 0.2) is 66.9 Å². The number of nitrogens with zero attached hydrogens (tertiary/aromatic N) is 2. The highest BCUT2D eigenvalue weighted by Crippen LogP contribution is 2.26. The maximum atomic E-state index is 13.0. The Bertz CT molecular complexity index is 1280. The van der Waals surface area contributed by atoms with Gasteiger partial charge in [-0.1, -0.05) is 50.8 Å². The lowest BCUT2D eigenvalue weighted by Gasteiger charge is -2.16. The van der Waals surface area contributed by atoms with Gasteiger partial charge in [0.25, 0.3) is 5.91 Å². The topological polar surface area (TPSA) is 82.7 Å². The fraction of sp³-hybridized carbons (Fsp3) is 0.276. The lowest BCUT2D eigenvalue weighted by molar-refractivity contribution is 0.0938. The van der Waals surface area contributed by atoms with E-state index in [1.54, 1.807) is 6.20 Å². The number of carbonyl (C=O) groups is 1. The largest absolute Gasteiger partial charge is 0.355 e.